The largest absolute Gasteiger partial charge is 0.306 e. The average molecular weight is 228 g/mol. The molecular weight excluding hydrogens is 196 g/mol. The average Bonchev–Trinajstić information content (AvgIpc) is 2.25. The lowest BCUT2D eigenvalue weighted by molar-refractivity contribution is 0.149. The van der Waals surface area contributed by atoms with Gasteiger partial charge in [-0.25, -0.2) is 0 Å². The van der Waals surface area contributed by atoms with E-state index in [-0.39, 0.29) is 0 Å². The first-order valence-electron chi connectivity index (χ1n) is 6.95. The van der Waals surface area contributed by atoms with E-state index in [0.29, 0.717) is 0 Å². The van der Waals surface area contributed by atoms with Crippen LogP contribution >= 0.6 is 0 Å². The Labute approximate surface area is 103 Å². The Balaban J connectivity index is 0.000000251. The molecule has 0 aliphatic carbocycles. The summed E-state index contributed by atoms with van der Waals surface area (Å²) in [7, 11) is 4.35. The zero-order chi connectivity index (χ0) is 12.6. The lowest BCUT2D eigenvalue weighted by atomic mass is 10.00. The first-order valence-corrected chi connectivity index (χ1v) is 6.95. The molecule has 2 heteroatoms. The first kappa shape index (κ1) is 15.9. The van der Waals surface area contributed by atoms with Crippen molar-refractivity contribution in [1.82, 2.24) is 9.80 Å². The zero-order valence-electron chi connectivity index (χ0n) is 12.3. The van der Waals surface area contributed by atoms with Crippen molar-refractivity contribution in [3.63, 3.8) is 0 Å². The van der Waals surface area contributed by atoms with Gasteiger partial charge in [-0.15, -0.1) is 0 Å². The van der Waals surface area contributed by atoms with Gasteiger partial charge in [-0.2, -0.15) is 0 Å². The summed E-state index contributed by atoms with van der Waals surface area (Å²) in [5, 5.41) is 0. The second kappa shape index (κ2) is 9.00. The van der Waals surface area contributed by atoms with Crippen LogP contribution in [0.1, 0.15) is 40.5 Å². The van der Waals surface area contributed by atoms with E-state index < -0.39 is 0 Å². The predicted octanol–water partition coefficient (Wildman–Crippen LogP) is 2.94. The van der Waals surface area contributed by atoms with E-state index in [1.807, 2.05) is 13.8 Å². The van der Waals surface area contributed by atoms with Gasteiger partial charge in [-0.1, -0.05) is 27.7 Å². The van der Waals surface area contributed by atoms with Gasteiger partial charge in [0.15, 0.2) is 0 Å². The highest BCUT2D eigenvalue weighted by molar-refractivity contribution is 4.71. The van der Waals surface area contributed by atoms with E-state index in [9.17, 15) is 0 Å². The van der Waals surface area contributed by atoms with Gasteiger partial charge in [0.05, 0.1) is 0 Å². The molecule has 0 aromatic heterocycles. The summed E-state index contributed by atoms with van der Waals surface area (Å²) in [6.45, 7) is 13.8. The highest BCUT2D eigenvalue weighted by Gasteiger charge is 2.16. The molecule has 2 aliphatic rings. The van der Waals surface area contributed by atoms with Crippen LogP contribution in [0, 0.1) is 11.8 Å². The normalized spacial score (nSPS) is 23.6. The van der Waals surface area contributed by atoms with Crippen molar-refractivity contribution in [2.45, 2.75) is 40.5 Å². The van der Waals surface area contributed by atoms with Crippen LogP contribution < -0.4 is 0 Å². The number of nitrogens with zero attached hydrogens (tertiary/aromatic N) is 2. The number of hydrogen-bond donors (Lipinski definition) is 0. The highest BCUT2D eigenvalue weighted by Crippen LogP contribution is 2.13. The SMILES string of the molecule is CC.CC1CCN(C)CC1.CC1CN(C)C1. The van der Waals surface area contributed by atoms with Crippen LogP contribution in [0.25, 0.3) is 0 Å². The molecule has 0 aromatic rings. The van der Waals surface area contributed by atoms with Crippen molar-refractivity contribution >= 4 is 0 Å². The molecule has 0 spiro atoms. The molecule has 2 rings (SSSR count). The van der Waals surface area contributed by atoms with Crippen molar-refractivity contribution < 1.29 is 0 Å². The molecule has 0 radical (unpaired) electrons. The molecule has 0 amide bonds. The summed E-state index contributed by atoms with van der Waals surface area (Å²) in [6, 6.07) is 0. The Bertz CT molecular complexity index is 129. The van der Waals surface area contributed by atoms with Gasteiger partial charge < -0.3 is 9.80 Å². The standard InChI is InChI=1S/C7H15N.C5H11N.C2H6/c1-7-3-5-8(2)6-4-7;1-5-3-6(2)4-5;1-2/h7H,3-6H2,1-2H3;5H,3-4H2,1-2H3;1-2H3. The summed E-state index contributed by atoms with van der Waals surface area (Å²) in [5.41, 5.74) is 0. The van der Waals surface area contributed by atoms with E-state index in [4.69, 9.17) is 0 Å². The van der Waals surface area contributed by atoms with Crippen LogP contribution in [0.3, 0.4) is 0 Å². The van der Waals surface area contributed by atoms with E-state index >= 15 is 0 Å². The maximum atomic E-state index is 2.40. The fourth-order valence-corrected chi connectivity index (χ4v) is 2.15. The Morgan fingerprint density at radius 3 is 1.38 bits per heavy atom. The Morgan fingerprint density at radius 2 is 1.19 bits per heavy atom. The van der Waals surface area contributed by atoms with E-state index in [2.05, 4.69) is 37.7 Å². The zero-order valence-corrected chi connectivity index (χ0v) is 12.3. The second-order valence-corrected chi connectivity index (χ2v) is 5.31. The van der Waals surface area contributed by atoms with Gasteiger partial charge in [0.2, 0.25) is 0 Å². The third kappa shape index (κ3) is 7.24. The van der Waals surface area contributed by atoms with Crippen molar-refractivity contribution in [3.8, 4) is 0 Å². The molecule has 16 heavy (non-hydrogen) atoms. The third-order valence-corrected chi connectivity index (χ3v) is 3.25. The molecule has 0 aromatic carbocycles. The topological polar surface area (TPSA) is 6.48 Å². The summed E-state index contributed by atoms with van der Waals surface area (Å²) in [6.07, 6.45) is 2.80. The monoisotopic (exact) mass is 228 g/mol. The third-order valence-electron chi connectivity index (χ3n) is 3.25. The van der Waals surface area contributed by atoms with Crippen LogP contribution in [0.5, 0.6) is 0 Å². The van der Waals surface area contributed by atoms with Gasteiger partial charge in [0.1, 0.15) is 0 Å². The van der Waals surface area contributed by atoms with Gasteiger partial charge >= 0.3 is 0 Å². The van der Waals surface area contributed by atoms with Crippen LogP contribution in [0.4, 0.5) is 0 Å². The lowest BCUT2D eigenvalue weighted by Gasteiger charge is -2.33. The second-order valence-electron chi connectivity index (χ2n) is 5.31. The molecule has 0 saturated carbocycles. The minimum Gasteiger partial charge on any atom is -0.306 e. The molecule has 0 atom stereocenters. The number of rotatable bonds is 0. The Morgan fingerprint density at radius 1 is 0.750 bits per heavy atom. The Kier molecular flexibility index (Phi) is 8.96. The number of piperidine rings is 1. The molecule has 0 unspecified atom stereocenters. The fourth-order valence-electron chi connectivity index (χ4n) is 2.15. The molecule has 0 bridgehead atoms. The molecule has 0 N–H and O–H groups in total. The van der Waals surface area contributed by atoms with Crippen LogP contribution in [0.15, 0.2) is 0 Å². The molecular formula is C14H32N2. The fraction of sp³-hybridized carbons (Fsp3) is 1.00. The summed E-state index contributed by atoms with van der Waals surface area (Å²) < 4.78 is 0. The maximum Gasteiger partial charge on any atom is 0.00163 e. The molecule has 2 fully saturated rings. The molecule has 98 valence electrons. The van der Waals surface area contributed by atoms with Gasteiger partial charge in [0.25, 0.3) is 0 Å². The maximum absolute atomic E-state index is 2.40. The van der Waals surface area contributed by atoms with Gasteiger partial charge in [0, 0.05) is 13.1 Å². The summed E-state index contributed by atoms with van der Waals surface area (Å²) in [4.78, 5) is 4.73. The van der Waals surface area contributed by atoms with Crippen LogP contribution in [-0.2, 0) is 0 Å². The molecule has 2 nitrogen and oxygen atoms in total. The lowest BCUT2D eigenvalue weighted by Crippen LogP contribution is -2.41. The van der Waals surface area contributed by atoms with E-state index in [0.717, 1.165) is 11.8 Å². The quantitative estimate of drug-likeness (QED) is 0.629. The Hall–Kier alpha value is -0.0800. The van der Waals surface area contributed by atoms with Crippen molar-refractivity contribution in [2.24, 2.45) is 11.8 Å². The van der Waals surface area contributed by atoms with Crippen molar-refractivity contribution in [2.75, 3.05) is 40.3 Å². The minimum absolute atomic E-state index is 0.968. The molecule has 2 saturated heterocycles. The first-order chi connectivity index (χ1) is 7.58. The summed E-state index contributed by atoms with van der Waals surface area (Å²) >= 11 is 0. The van der Waals surface area contributed by atoms with Crippen molar-refractivity contribution in [1.29, 1.82) is 0 Å². The number of hydrogen-bond acceptors (Lipinski definition) is 2. The van der Waals surface area contributed by atoms with Crippen molar-refractivity contribution in [3.05, 3.63) is 0 Å². The minimum atomic E-state index is 0.968. The predicted molar refractivity (Wildman–Crippen MR) is 73.9 cm³/mol. The van der Waals surface area contributed by atoms with E-state index in [1.165, 1.54) is 39.0 Å². The van der Waals surface area contributed by atoms with E-state index in [1.54, 1.807) is 0 Å². The molecule has 2 aliphatic heterocycles. The highest BCUT2D eigenvalue weighted by atomic mass is 15.2. The van der Waals surface area contributed by atoms with Crippen LogP contribution in [0.2, 0.25) is 0 Å². The smallest absolute Gasteiger partial charge is 0.00163 e. The molecule has 2 heterocycles. The summed E-state index contributed by atoms with van der Waals surface area (Å²) in [5.74, 6) is 1.95. The van der Waals surface area contributed by atoms with Gasteiger partial charge in [-0.3, -0.25) is 0 Å². The van der Waals surface area contributed by atoms with Gasteiger partial charge in [-0.05, 0) is 51.9 Å². The van der Waals surface area contributed by atoms with Crippen LogP contribution in [-0.4, -0.2) is 50.1 Å². The number of likely N-dealkylation sites (tertiary alicyclic amines) is 2.